The Labute approximate surface area is 86.8 Å². The lowest BCUT2D eigenvalue weighted by atomic mass is 10.1. The van der Waals surface area contributed by atoms with E-state index in [0.717, 1.165) is 0 Å². The van der Waals surface area contributed by atoms with E-state index in [9.17, 15) is 4.79 Å². The molecule has 0 saturated heterocycles. The molecule has 0 aliphatic carbocycles. The highest BCUT2D eigenvalue weighted by Gasteiger charge is 2.36. The first kappa shape index (κ1) is 9.81. The number of anilines is 1. The van der Waals surface area contributed by atoms with Crippen LogP contribution in [0.2, 0.25) is 0 Å². The van der Waals surface area contributed by atoms with Crippen LogP contribution >= 0.6 is 0 Å². The Kier molecular flexibility index (Phi) is 2.25. The number of aromatic nitrogens is 2. The van der Waals surface area contributed by atoms with E-state index in [1.165, 1.54) is 6.33 Å². The molecule has 3 N–H and O–H groups in total. The van der Waals surface area contributed by atoms with Crippen molar-refractivity contribution in [3.05, 3.63) is 18.1 Å². The Hall–Kier alpha value is -1.73. The predicted octanol–water partition coefficient (Wildman–Crippen LogP) is -0.878. The molecular formula is C8H12N6O. The monoisotopic (exact) mass is 208 g/mol. The van der Waals surface area contributed by atoms with Crippen LogP contribution < -0.4 is 11.2 Å². The smallest absolute Gasteiger partial charge is 0.243 e. The topological polar surface area (TPSA) is 87.4 Å². The van der Waals surface area contributed by atoms with E-state index in [1.54, 1.807) is 16.3 Å². The minimum Gasteiger partial charge on any atom is -0.368 e. The molecular weight excluding hydrogens is 196 g/mol. The lowest BCUT2D eigenvalue weighted by molar-refractivity contribution is -0.127. The minimum absolute atomic E-state index is 0.440. The molecule has 1 aromatic rings. The van der Waals surface area contributed by atoms with E-state index in [4.69, 9.17) is 5.73 Å². The molecule has 0 saturated carbocycles. The zero-order valence-corrected chi connectivity index (χ0v) is 8.51. The van der Waals surface area contributed by atoms with Gasteiger partial charge in [0.1, 0.15) is 12.1 Å². The number of nitrogens with two attached hydrogens (primary N) is 1. The van der Waals surface area contributed by atoms with Crippen LogP contribution in [0.25, 0.3) is 0 Å². The molecule has 0 fully saturated rings. The summed E-state index contributed by atoms with van der Waals surface area (Å²) in [5.41, 5.74) is 9.00. The number of carbonyl (C=O) groups excluding carboxylic acids is 1. The van der Waals surface area contributed by atoms with Crippen molar-refractivity contribution in [3.8, 4) is 0 Å². The molecule has 0 aromatic carbocycles. The number of primary amides is 1. The molecule has 15 heavy (non-hydrogen) atoms. The summed E-state index contributed by atoms with van der Waals surface area (Å²) < 4.78 is 0. The standard InChI is InChI=1S/C8H12N6O/c1-13(2)14-6(7(9)15)5-3-10-4-11-8(5)12-14/h3-4,6H,1-2H3,(H2,9,15)(H,10,11,12). The van der Waals surface area contributed by atoms with Gasteiger partial charge in [0, 0.05) is 25.9 Å². The van der Waals surface area contributed by atoms with E-state index in [0.29, 0.717) is 11.4 Å². The van der Waals surface area contributed by atoms with Crippen molar-refractivity contribution in [1.29, 1.82) is 0 Å². The van der Waals surface area contributed by atoms with Crippen molar-refractivity contribution in [3.63, 3.8) is 0 Å². The summed E-state index contributed by atoms with van der Waals surface area (Å²) in [6.45, 7) is 0. The lowest BCUT2D eigenvalue weighted by Crippen LogP contribution is -2.44. The average molecular weight is 208 g/mol. The van der Waals surface area contributed by atoms with Gasteiger partial charge in [-0.2, -0.15) is 0 Å². The normalized spacial score (nSPS) is 20.1. The highest BCUT2D eigenvalue weighted by Crippen LogP contribution is 2.32. The number of amides is 1. The molecule has 0 spiro atoms. The quantitative estimate of drug-likeness (QED) is 0.656. The van der Waals surface area contributed by atoms with Gasteiger partial charge in [-0.1, -0.05) is 0 Å². The minimum atomic E-state index is -0.559. The van der Waals surface area contributed by atoms with Gasteiger partial charge in [0.05, 0.1) is 0 Å². The summed E-state index contributed by atoms with van der Waals surface area (Å²) in [4.78, 5) is 19.2. The molecule has 1 amide bonds. The van der Waals surface area contributed by atoms with Crippen LogP contribution in [0.3, 0.4) is 0 Å². The second-order valence-electron chi connectivity index (χ2n) is 3.44. The van der Waals surface area contributed by atoms with Gasteiger partial charge in [-0.25, -0.2) is 15.0 Å². The first-order valence-corrected chi connectivity index (χ1v) is 4.43. The van der Waals surface area contributed by atoms with E-state index >= 15 is 0 Å². The molecule has 0 bridgehead atoms. The number of hydrogen-bond donors (Lipinski definition) is 2. The van der Waals surface area contributed by atoms with Crippen molar-refractivity contribution in [1.82, 2.24) is 20.1 Å². The number of hydrazine groups is 2. The number of nitrogens with one attached hydrogen (secondary N) is 1. The van der Waals surface area contributed by atoms with E-state index in [2.05, 4.69) is 15.4 Å². The summed E-state index contributed by atoms with van der Waals surface area (Å²) in [5, 5.41) is 3.35. The number of fused-ring (bicyclic) bond motifs is 1. The summed E-state index contributed by atoms with van der Waals surface area (Å²) in [7, 11) is 3.62. The number of rotatable bonds is 2. The molecule has 1 unspecified atom stereocenters. The summed E-state index contributed by atoms with van der Waals surface area (Å²) in [6, 6.07) is -0.559. The summed E-state index contributed by atoms with van der Waals surface area (Å²) in [5.74, 6) is 0.173. The van der Waals surface area contributed by atoms with Gasteiger partial charge in [0.25, 0.3) is 0 Å². The maximum atomic E-state index is 11.3. The lowest BCUT2D eigenvalue weighted by Gasteiger charge is -2.27. The zero-order valence-electron chi connectivity index (χ0n) is 8.51. The highest BCUT2D eigenvalue weighted by atomic mass is 16.2. The van der Waals surface area contributed by atoms with Gasteiger partial charge >= 0.3 is 0 Å². The Balaban J connectivity index is 2.42. The second kappa shape index (κ2) is 3.44. The first-order chi connectivity index (χ1) is 7.11. The van der Waals surface area contributed by atoms with Gasteiger partial charge in [-0.05, 0) is 0 Å². The molecule has 0 radical (unpaired) electrons. The van der Waals surface area contributed by atoms with E-state index < -0.39 is 11.9 Å². The molecule has 1 aliphatic heterocycles. The van der Waals surface area contributed by atoms with Crippen molar-refractivity contribution in [2.75, 3.05) is 19.5 Å². The molecule has 1 aliphatic rings. The number of carbonyl (C=O) groups is 1. The van der Waals surface area contributed by atoms with Crippen LogP contribution in [0.15, 0.2) is 12.5 Å². The number of nitrogens with zero attached hydrogens (tertiary/aromatic N) is 4. The largest absolute Gasteiger partial charge is 0.368 e. The molecule has 80 valence electrons. The average Bonchev–Trinajstić information content (AvgIpc) is 2.56. The second-order valence-corrected chi connectivity index (χ2v) is 3.44. The third-order valence-corrected chi connectivity index (χ3v) is 2.20. The van der Waals surface area contributed by atoms with Crippen LogP contribution in [0.5, 0.6) is 0 Å². The fourth-order valence-electron chi connectivity index (χ4n) is 1.54. The van der Waals surface area contributed by atoms with Gasteiger partial charge in [0.2, 0.25) is 5.91 Å². The van der Waals surface area contributed by atoms with Crippen LogP contribution in [0.1, 0.15) is 11.6 Å². The van der Waals surface area contributed by atoms with Gasteiger partial charge in [0.15, 0.2) is 6.04 Å². The zero-order chi connectivity index (χ0) is 11.0. The fourth-order valence-corrected chi connectivity index (χ4v) is 1.54. The Morgan fingerprint density at radius 2 is 2.40 bits per heavy atom. The maximum Gasteiger partial charge on any atom is 0.243 e. The third kappa shape index (κ3) is 1.51. The SMILES string of the molecule is CN(C)N1Nc2ncncc2C1C(N)=O. The molecule has 7 heteroatoms. The summed E-state index contributed by atoms with van der Waals surface area (Å²) in [6.07, 6.45) is 3.01. The van der Waals surface area contributed by atoms with Crippen molar-refractivity contribution >= 4 is 11.7 Å². The predicted molar refractivity (Wildman–Crippen MR) is 53.1 cm³/mol. The Morgan fingerprint density at radius 3 is 3.00 bits per heavy atom. The van der Waals surface area contributed by atoms with Crippen molar-refractivity contribution < 1.29 is 4.79 Å². The molecule has 7 nitrogen and oxygen atoms in total. The molecule has 2 heterocycles. The van der Waals surface area contributed by atoms with Crippen molar-refractivity contribution in [2.45, 2.75) is 6.04 Å². The third-order valence-electron chi connectivity index (χ3n) is 2.20. The highest BCUT2D eigenvalue weighted by molar-refractivity contribution is 5.84. The van der Waals surface area contributed by atoms with Crippen LogP contribution in [-0.4, -0.2) is 40.1 Å². The van der Waals surface area contributed by atoms with Gasteiger partial charge < -0.3 is 5.73 Å². The van der Waals surface area contributed by atoms with E-state index in [-0.39, 0.29) is 0 Å². The molecule has 1 atom stereocenters. The van der Waals surface area contributed by atoms with Crippen LogP contribution in [-0.2, 0) is 4.79 Å². The maximum absolute atomic E-state index is 11.3. The van der Waals surface area contributed by atoms with E-state index in [1.807, 2.05) is 14.1 Å². The Bertz CT molecular complexity index is 392. The molecule has 1 aromatic heterocycles. The summed E-state index contributed by atoms with van der Waals surface area (Å²) >= 11 is 0. The Morgan fingerprint density at radius 1 is 1.67 bits per heavy atom. The van der Waals surface area contributed by atoms with Gasteiger partial charge in [-0.3, -0.25) is 10.2 Å². The number of hydrogen-bond acceptors (Lipinski definition) is 6. The van der Waals surface area contributed by atoms with Crippen LogP contribution in [0.4, 0.5) is 5.82 Å². The molecule has 2 rings (SSSR count). The fraction of sp³-hybridized carbons (Fsp3) is 0.375. The first-order valence-electron chi connectivity index (χ1n) is 4.43. The van der Waals surface area contributed by atoms with Gasteiger partial charge in [-0.15, -0.1) is 5.12 Å². The van der Waals surface area contributed by atoms with Crippen molar-refractivity contribution in [2.24, 2.45) is 5.73 Å². The van der Waals surface area contributed by atoms with Crippen LogP contribution in [0, 0.1) is 0 Å².